The van der Waals surface area contributed by atoms with Gasteiger partial charge in [0.15, 0.2) is 0 Å². The van der Waals surface area contributed by atoms with Gasteiger partial charge in [-0.15, -0.1) is 0 Å². The molecule has 0 saturated carbocycles. The van der Waals surface area contributed by atoms with E-state index < -0.39 is 0 Å². The van der Waals surface area contributed by atoms with E-state index in [1.165, 1.54) is 25.7 Å². The average Bonchev–Trinajstić information content (AvgIpc) is 2.71. The highest BCUT2D eigenvalue weighted by Gasteiger charge is 2.54. The lowest BCUT2D eigenvalue weighted by atomic mass is 9.92. The summed E-state index contributed by atoms with van der Waals surface area (Å²) >= 11 is 0. The molecule has 3 saturated heterocycles. The Morgan fingerprint density at radius 2 is 1.82 bits per heavy atom. The van der Waals surface area contributed by atoms with Gasteiger partial charge in [0.05, 0.1) is 12.2 Å². The van der Waals surface area contributed by atoms with Gasteiger partial charge in [0.25, 0.3) is 0 Å². The Bertz CT molecular complexity index is 172. The Hall–Kier alpha value is -0.0800. The molecule has 0 N–H and O–H groups in total. The van der Waals surface area contributed by atoms with Crippen molar-refractivity contribution in [3.05, 3.63) is 0 Å². The highest BCUT2D eigenvalue weighted by Crippen LogP contribution is 2.47. The maximum absolute atomic E-state index is 5.54. The van der Waals surface area contributed by atoms with Crippen LogP contribution >= 0.6 is 0 Å². The van der Waals surface area contributed by atoms with Crippen molar-refractivity contribution in [3.8, 4) is 0 Å². The number of fused-ring (bicyclic) bond motifs is 2. The van der Waals surface area contributed by atoms with E-state index in [2.05, 4.69) is 11.9 Å². The molecule has 0 aliphatic carbocycles. The molecule has 3 rings (SSSR count). The second kappa shape index (κ2) is 1.80. The van der Waals surface area contributed by atoms with Gasteiger partial charge in [-0.1, -0.05) is 0 Å². The molecule has 0 aromatic heterocycles. The van der Waals surface area contributed by atoms with E-state index in [0.717, 1.165) is 18.7 Å². The van der Waals surface area contributed by atoms with Crippen LogP contribution in [0.2, 0.25) is 0 Å². The Labute approximate surface area is 67.5 Å². The van der Waals surface area contributed by atoms with Gasteiger partial charge in [-0.3, -0.25) is 0 Å². The van der Waals surface area contributed by atoms with Crippen LogP contribution in [0.25, 0.3) is 0 Å². The first-order valence-corrected chi connectivity index (χ1v) is 4.65. The third-order valence-corrected chi connectivity index (χ3v) is 3.75. The third kappa shape index (κ3) is 0.798. The van der Waals surface area contributed by atoms with Crippen molar-refractivity contribution in [2.24, 2.45) is 0 Å². The third-order valence-electron chi connectivity index (χ3n) is 3.75. The van der Waals surface area contributed by atoms with Gasteiger partial charge in [-0.25, -0.2) is 0 Å². The molecule has 11 heavy (non-hydrogen) atoms. The summed E-state index contributed by atoms with van der Waals surface area (Å²) in [6.07, 6.45) is 5.43. The van der Waals surface area contributed by atoms with Gasteiger partial charge in [0.2, 0.25) is 0 Å². The fourth-order valence-corrected chi connectivity index (χ4v) is 2.86. The summed E-state index contributed by atoms with van der Waals surface area (Å²) in [5, 5.41) is 0. The zero-order valence-corrected chi connectivity index (χ0v) is 7.05. The summed E-state index contributed by atoms with van der Waals surface area (Å²) in [5.74, 6) is 0. The number of piperidine rings is 1. The summed E-state index contributed by atoms with van der Waals surface area (Å²) < 4.78 is 5.54. The summed E-state index contributed by atoms with van der Waals surface area (Å²) in [5.41, 5.74) is 0.373. The lowest BCUT2D eigenvalue weighted by Crippen LogP contribution is -2.43. The van der Waals surface area contributed by atoms with Crippen LogP contribution in [0, 0.1) is 0 Å². The summed E-state index contributed by atoms with van der Waals surface area (Å²) in [7, 11) is 2.28. The smallest absolute Gasteiger partial charge is 0.0946 e. The Balaban J connectivity index is 1.86. The monoisotopic (exact) mass is 153 g/mol. The van der Waals surface area contributed by atoms with E-state index in [4.69, 9.17) is 4.74 Å². The molecule has 62 valence electrons. The van der Waals surface area contributed by atoms with Crippen LogP contribution in [-0.2, 0) is 4.74 Å². The van der Waals surface area contributed by atoms with Crippen molar-refractivity contribution >= 4 is 0 Å². The molecule has 2 atom stereocenters. The van der Waals surface area contributed by atoms with Gasteiger partial charge >= 0.3 is 0 Å². The maximum Gasteiger partial charge on any atom is 0.0946 e. The lowest BCUT2D eigenvalue weighted by Gasteiger charge is -2.34. The molecule has 0 aromatic rings. The zero-order valence-electron chi connectivity index (χ0n) is 7.05. The molecule has 2 heteroatoms. The van der Waals surface area contributed by atoms with E-state index in [1.54, 1.807) is 0 Å². The number of ether oxygens (including phenoxy) is 1. The number of rotatable bonds is 0. The summed E-state index contributed by atoms with van der Waals surface area (Å²) in [6, 6.07) is 1.69. The maximum atomic E-state index is 5.54. The first-order valence-electron chi connectivity index (χ1n) is 4.65. The van der Waals surface area contributed by atoms with Crippen molar-refractivity contribution in [1.82, 2.24) is 4.90 Å². The minimum Gasteiger partial charge on any atom is -0.369 e. The van der Waals surface area contributed by atoms with Crippen LogP contribution in [0.5, 0.6) is 0 Å². The average molecular weight is 153 g/mol. The number of hydrogen-bond acceptors (Lipinski definition) is 2. The first kappa shape index (κ1) is 6.44. The minimum absolute atomic E-state index is 0.373. The van der Waals surface area contributed by atoms with Gasteiger partial charge in [-0.2, -0.15) is 0 Å². The molecule has 3 fully saturated rings. The molecular weight excluding hydrogens is 138 g/mol. The predicted octanol–water partition coefficient (Wildman–Crippen LogP) is 1.01. The fraction of sp³-hybridized carbons (Fsp3) is 1.00. The highest BCUT2D eigenvalue weighted by molar-refractivity contribution is 5.07. The molecule has 2 nitrogen and oxygen atoms in total. The van der Waals surface area contributed by atoms with Crippen LogP contribution in [0.15, 0.2) is 0 Å². The Morgan fingerprint density at radius 1 is 1.27 bits per heavy atom. The van der Waals surface area contributed by atoms with Crippen molar-refractivity contribution in [2.75, 3.05) is 13.7 Å². The van der Waals surface area contributed by atoms with Crippen molar-refractivity contribution in [2.45, 2.75) is 43.4 Å². The molecule has 0 aromatic carbocycles. The van der Waals surface area contributed by atoms with E-state index >= 15 is 0 Å². The summed E-state index contributed by atoms with van der Waals surface area (Å²) in [6.45, 7) is 1.05. The van der Waals surface area contributed by atoms with Gasteiger partial charge < -0.3 is 9.64 Å². The van der Waals surface area contributed by atoms with Gasteiger partial charge in [-0.05, 0) is 32.7 Å². The molecule has 3 heterocycles. The lowest BCUT2D eigenvalue weighted by molar-refractivity contribution is 0.104. The van der Waals surface area contributed by atoms with E-state index in [-0.39, 0.29) is 0 Å². The van der Waals surface area contributed by atoms with Gasteiger partial charge in [0.1, 0.15) is 0 Å². The summed E-state index contributed by atoms with van der Waals surface area (Å²) in [4.78, 5) is 2.56. The standard InChI is InChI=1S/C9H15NO/c1-10-7-2-3-8(10)5-9(4-7)6-11-9/h7-8H,2-6H2,1H3. The normalized spacial score (nSPS) is 55.4. The topological polar surface area (TPSA) is 15.8 Å². The van der Waals surface area contributed by atoms with Crippen LogP contribution in [-0.4, -0.2) is 36.2 Å². The number of nitrogens with zero attached hydrogens (tertiary/aromatic N) is 1. The Kier molecular flexibility index (Phi) is 1.06. The second-order valence-electron chi connectivity index (χ2n) is 4.43. The van der Waals surface area contributed by atoms with Crippen molar-refractivity contribution in [1.29, 1.82) is 0 Å². The van der Waals surface area contributed by atoms with Crippen molar-refractivity contribution in [3.63, 3.8) is 0 Å². The fourth-order valence-electron chi connectivity index (χ4n) is 2.86. The van der Waals surface area contributed by atoms with Crippen LogP contribution < -0.4 is 0 Å². The molecule has 1 spiro atoms. The molecule has 3 aliphatic rings. The minimum atomic E-state index is 0.373. The Morgan fingerprint density at radius 3 is 2.27 bits per heavy atom. The van der Waals surface area contributed by atoms with Gasteiger partial charge in [0, 0.05) is 12.1 Å². The quantitative estimate of drug-likeness (QED) is 0.483. The molecule has 2 unspecified atom stereocenters. The molecular formula is C9H15NO. The second-order valence-corrected chi connectivity index (χ2v) is 4.43. The zero-order chi connectivity index (χ0) is 7.47. The molecule has 3 aliphatic heterocycles. The van der Waals surface area contributed by atoms with Crippen LogP contribution in [0.1, 0.15) is 25.7 Å². The SMILES string of the molecule is CN1C2CCC1CC1(CO1)C2. The van der Waals surface area contributed by atoms with E-state index in [0.29, 0.717) is 5.60 Å². The molecule has 0 radical (unpaired) electrons. The predicted molar refractivity (Wildman–Crippen MR) is 42.5 cm³/mol. The van der Waals surface area contributed by atoms with Crippen LogP contribution in [0.3, 0.4) is 0 Å². The number of hydrogen-bond donors (Lipinski definition) is 0. The highest BCUT2D eigenvalue weighted by atomic mass is 16.6. The molecule has 0 amide bonds. The number of epoxide rings is 1. The van der Waals surface area contributed by atoms with E-state index in [9.17, 15) is 0 Å². The van der Waals surface area contributed by atoms with Crippen molar-refractivity contribution < 1.29 is 4.74 Å². The first-order chi connectivity index (χ1) is 5.29. The van der Waals surface area contributed by atoms with E-state index in [1.807, 2.05) is 0 Å². The van der Waals surface area contributed by atoms with Crippen LogP contribution in [0.4, 0.5) is 0 Å². The molecule has 2 bridgehead atoms. The largest absolute Gasteiger partial charge is 0.369 e.